The Balaban J connectivity index is 1.46. The average Bonchev–Trinajstić information content (AvgIpc) is 3.05. The molecule has 0 aromatic heterocycles. The van der Waals surface area contributed by atoms with Crippen molar-refractivity contribution in [2.45, 2.75) is 0 Å². The highest BCUT2D eigenvalue weighted by Crippen LogP contribution is 2.33. The van der Waals surface area contributed by atoms with Crippen molar-refractivity contribution in [1.29, 1.82) is 0 Å². The zero-order chi connectivity index (χ0) is 23.7. The number of halogens is 2. The van der Waals surface area contributed by atoms with Gasteiger partial charge in [0.1, 0.15) is 5.75 Å². The Hall–Kier alpha value is -3.27. The van der Waals surface area contributed by atoms with Gasteiger partial charge in [0, 0.05) is 5.56 Å². The summed E-state index contributed by atoms with van der Waals surface area (Å²) in [6.07, 6.45) is 0. The predicted octanol–water partition coefficient (Wildman–Crippen LogP) is 5.04. The summed E-state index contributed by atoms with van der Waals surface area (Å²) in [6, 6.07) is 16.1. The fraction of sp³-hybridized carbons (Fsp3) is 0.0435. The molecule has 0 radical (unpaired) electrons. The lowest BCUT2D eigenvalue weighted by atomic mass is 10.1. The monoisotopic (exact) mass is 543 g/mol. The molecule has 0 saturated heterocycles. The van der Waals surface area contributed by atoms with E-state index in [-0.39, 0.29) is 10.1 Å². The number of imide groups is 1. The molecular formula is C23H15BrClN3O4S. The van der Waals surface area contributed by atoms with Crippen LogP contribution in [-0.4, -0.2) is 29.9 Å². The molecule has 3 aromatic rings. The second-order valence-corrected chi connectivity index (χ2v) is 8.58. The van der Waals surface area contributed by atoms with Crippen molar-refractivity contribution < 1.29 is 19.1 Å². The fourth-order valence-electron chi connectivity index (χ4n) is 3.30. The van der Waals surface area contributed by atoms with Gasteiger partial charge >= 0.3 is 0 Å². The van der Waals surface area contributed by atoms with Crippen LogP contribution < -0.4 is 20.3 Å². The van der Waals surface area contributed by atoms with E-state index >= 15 is 0 Å². The Kier molecular flexibility index (Phi) is 6.46. The van der Waals surface area contributed by atoms with Crippen molar-refractivity contribution >= 4 is 74.0 Å². The van der Waals surface area contributed by atoms with E-state index in [0.29, 0.717) is 38.3 Å². The molecule has 0 fully saturated rings. The summed E-state index contributed by atoms with van der Waals surface area (Å²) in [5.74, 6) is -0.659. The van der Waals surface area contributed by atoms with E-state index in [0.717, 1.165) is 4.90 Å². The molecule has 3 amide bonds. The van der Waals surface area contributed by atoms with Gasteiger partial charge in [0.15, 0.2) is 5.11 Å². The maximum atomic E-state index is 12.7. The summed E-state index contributed by atoms with van der Waals surface area (Å²) >= 11 is 14.9. The quantitative estimate of drug-likeness (QED) is 0.354. The number of hydrogen-bond donors (Lipinski definition) is 2. The normalized spacial score (nSPS) is 12.4. The van der Waals surface area contributed by atoms with Crippen LogP contribution in [-0.2, 0) is 0 Å². The molecule has 1 aliphatic heterocycles. The smallest absolute Gasteiger partial charge is 0.266 e. The Morgan fingerprint density at radius 1 is 1.03 bits per heavy atom. The predicted molar refractivity (Wildman–Crippen MR) is 133 cm³/mol. The maximum Gasteiger partial charge on any atom is 0.266 e. The molecule has 10 heteroatoms. The number of ether oxygens (including phenoxy) is 1. The Bertz CT molecular complexity index is 1300. The number of benzene rings is 3. The van der Waals surface area contributed by atoms with Crippen LogP contribution in [0, 0.1) is 0 Å². The first-order valence-electron chi connectivity index (χ1n) is 9.53. The zero-order valence-electron chi connectivity index (χ0n) is 17.0. The van der Waals surface area contributed by atoms with Crippen molar-refractivity contribution in [3.05, 3.63) is 86.8 Å². The van der Waals surface area contributed by atoms with Crippen molar-refractivity contribution in [2.24, 2.45) is 0 Å². The molecule has 4 rings (SSSR count). The highest BCUT2D eigenvalue weighted by molar-refractivity contribution is 9.10. The lowest BCUT2D eigenvalue weighted by Crippen LogP contribution is -2.34. The van der Waals surface area contributed by atoms with Crippen LogP contribution in [0.1, 0.15) is 31.1 Å². The van der Waals surface area contributed by atoms with Gasteiger partial charge in [-0.3, -0.25) is 19.7 Å². The number of nitrogens with one attached hydrogen (secondary N) is 2. The molecule has 0 bridgehead atoms. The van der Waals surface area contributed by atoms with E-state index in [1.165, 1.54) is 13.2 Å². The second-order valence-electron chi connectivity index (χ2n) is 6.91. The Morgan fingerprint density at radius 3 is 2.27 bits per heavy atom. The Labute approximate surface area is 207 Å². The van der Waals surface area contributed by atoms with Gasteiger partial charge in [-0.1, -0.05) is 23.7 Å². The first kappa shape index (κ1) is 22.9. The van der Waals surface area contributed by atoms with Crippen LogP contribution in [0.5, 0.6) is 5.75 Å². The number of thiocarbonyl (C=S) groups is 1. The summed E-state index contributed by atoms with van der Waals surface area (Å²) in [7, 11) is 1.53. The van der Waals surface area contributed by atoms with Crippen LogP contribution in [0.25, 0.3) is 0 Å². The molecule has 0 spiro atoms. The second kappa shape index (κ2) is 9.30. The minimum atomic E-state index is -0.422. The van der Waals surface area contributed by atoms with Crippen LogP contribution in [0.4, 0.5) is 11.4 Å². The summed E-state index contributed by atoms with van der Waals surface area (Å²) < 4.78 is 5.78. The summed E-state index contributed by atoms with van der Waals surface area (Å²) in [5, 5.41) is 5.67. The van der Waals surface area contributed by atoms with E-state index in [2.05, 4.69) is 26.6 Å². The molecule has 166 valence electrons. The lowest BCUT2D eigenvalue weighted by molar-refractivity contribution is 0.0923. The zero-order valence-corrected chi connectivity index (χ0v) is 20.2. The summed E-state index contributed by atoms with van der Waals surface area (Å²) in [4.78, 5) is 38.9. The van der Waals surface area contributed by atoms with Crippen molar-refractivity contribution in [3.8, 4) is 5.75 Å². The number of anilines is 2. The van der Waals surface area contributed by atoms with E-state index in [9.17, 15) is 14.4 Å². The first-order valence-corrected chi connectivity index (χ1v) is 11.1. The molecule has 1 heterocycles. The molecule has 33 heavy (non-hydrogen) atoms. The van der Waals surface area contributed by atoms with E-state index < -0.39 is 17.7 Å². The van der Waals surface area contributed by atoms with Gasteiger partial charge in [0.2, 0.25) is 0 Å². The summed E-state index contributed by atoms with van der Waals surface area (Å²) in [6.45, 7) is 0. The highest BCUT2D eigenvalue weighted by Gasteiger charge is 2.36. The number of rotatable bonds is 4. The van der Waals surface area contributed by atoms with Gasteiger partial charge in [-0.2, -0.15) is 0 Å². The average molecular weight is 545 g/mol. The van der Waals surface area contributed by atoms with Gasteiger partial charge in [-0.25, -0.2) is 4.90 Å². The minimum Gasteiger partial charge on any atom is -0.496 e. The molecule has 0 aliphatic carbocycles. The number of carbonyl (C=O) groups excluding carboxylic acids is 3. The lowest BCUT2D eigenvalue weighted by Gasteiger charge is -2.16. The van der Waals surface area contributed by atoms with Gasteiger partial charge in [-0.15, -0.1) is 0 Å². The van der Waals surface area contributed by atoms with E-state index in [1.807, 2.05) is 0 Å². The Morgan fingerprint density at radius 2 is 1.70 bits per heavy atom. The van der Waals surface area contributed by atoms with Gasteiger partial charge in [-0.05, 0) is 76.7 Å². The SMILES string of the molecule is COc1ccc(C(=O)NC(=S)Nc2ccc(N3C(=O)c4ccccc4C3=O)cc2Cl)cc1Br. The number of hydrogen-bond acceptors (Lipinski definition) is 5. The maximum absolute atomic E-state index is 12.7. The molecule has 0 saturated carbocycles. The fourth-order valence-corrected chi connectivity index (χ4v) is 4.27. The van der Waals surface area contributed by atoms with Crippen molar-refractivity contribution in [1.82, 2.24) is 5.32 Å². The van der Waals surface area contributed by atoms with Crippen LogP contribution in [0.2, 0.25) is 5.02 Å². The third-order valence-corrected chi connectivity index (χ3v) is 6.03. The van der Waals surface area contributed by atoms with Crippen LogP contribution >= 0.6 is 39.7 Å². The number of carbonyl (C=O) groups is 3. The molecule has 7 nitrogen and oxygen atoms in total. The number of methoxy groups -OCH3 is 1. The van der Waals surface area contributed by atoms with Crippen molar-refractivity contribution in [3.63, 3.8) is 0 Å². The summed E-state index contributed by atoms with van der Waals surface area (Å²) in [5.41, 5.74) is 1.79. The van der Waals surface area contributed by atoms with Crippen molar-refractivity contribution in [2.75, 3.05) is 17.3 Å². The molecule has 0 unspecified atom stereocenters. The molecule has 3 aromatic carbocycles. The third kappa shape index (κ3) is 4.47. The topological polar surface area (TPSA) is 87.7 Å². The van der Waals surface area contributed by atoms with Gasteiger partial charge in [0.05, 0.1) is 39.1 Å². The van der Waals surface area contributed by atoms with Crippen LogP contribution in [0.15, 0.2) is 65.1 Å². The molecule has 2 N–H and O–H groups in total. The standard InChI is InChI=1S/C23H15BrClN3O4S/c1-32-19-9-6-12(10-16(19)24)20(29)27-23(33)26-18-8-7-13(11-17(18)25)28-21(30)14-4-2-3-5-15(14)22(28)31/h2-11H,1H3,(H2,26,27,29,33). The molecule has 0 atom stereocenters. The number of nitrogens with zero attached hydrogens (tertiary/aromatic N) is 1. The van der Waals surface area contributed by atoms with Gasteiger partial charge in [0.25, 0.3) is 17.7 Å². The first-order chi connectivity index (χ1) is 15.8. The number of amides is 3. The largest absolute Gasteiger partial charge is 0.496 e. The van der Waals surface area contributed by atoms with E-state index in [4.69, 9.17) is 28.6 Å². The molecular weight excluding hydrogens is 530 g/mol. The number of fused-ring (bicyclic) bond motifs is 1. The van der Waals surface area contributed by atoms with Crippen LogP contribution in [0.3, 0.4) is 0 Å². The van der Waals surface area contributed by atoms with Gasteiger partial charge < -0.3 is 10.1 Å². The molecule has 1 aliphatic rings. The van der Waals surface area contributed by atoms with E-state index in [1.54, 1.807) is 54.6 Å². The third-order valence-electron chi connectivity index (χ3n) is 4.89. The highest BCUT2D eigenvalue weighted by atomic mass is 79.9. The minimum absolute atomic E-state index is 0.0299.